The van der Waals surface area contributed by atoms with Gasteiger partial charge >= 0.3 is 0 Å². The lowest BCUT2D eigenvalue weighted by molar-refractivity contribution is 0.509. The summed E-state index contributed by atoms with van der Waals surface area (Å²) in [7, 11) is 0. The molecular weight excluding hydrogens is 341 g/mol. The van der Waals surface area contributed by atoms with E-state index in [1.165, 1.54) is 17.6 Å². The zero-order chi connectivity index (χ0) is 13.2. The number of benzene rings is 1. The Labute approximate surface area is 137 Å². The van der Waals surface area contributed by atoms with E-state index in [-0.39, 0.29) is 24.8 Å². The number of hydrogen-bond donors (Lipinski definition) is 1. The van der Waals surface area contributed by atoms with Gasteiger partial charge in [0, 0.05) is 43.3 Å². The van der Waals surface area contributed by atoms with Crippen LogP contribution in [-0.2, 0) is 0 Å². The first kappa shape index (κ1) is 18.0. The minimum Gasteiger partial charge on any atom is -0.344 e. The molecule has 0 amide bonds. The largest absolute Gasteiger partial charge is 0.344 e. The molecule has 9 heteroatoms. The second kappa shape index (κ2) is 7.84. The Balaban J connectivity index is 0.00000110. The number of anilines is 1. The lowest BCUT2D eigenvalue weighted by Crippen LogP contribution is -2.43. The first-order chi connectivity index (χ1) is 9.24. The highest BCUT2D eigenvalue weighted by Crippen LogP contribution is 2.25. The number of nitrogens with one attached hydrogen (secondary N) is 1. The molecule has 3 rings (SSSR count). The summed E-state index contributed by atoms with van der Waals surface area (Å²) in [5.74, 6) is -1.30. The van der Waals surface area contributed by atoms with E-state index in [0.29, 0.717) is 11.4 Å². The van der Waals surface area contributed by atoms with Crippen LogP contribution in [-0.4, -0.2) is 35.5 Å². The first-order valence-electron chi connectivity index (χ1n) is 5.99. The normalized spacial score (nSPS) is 14.3. The van der Waals surface area contributed by atoms with Gasteiger partial charge in [-0.3, -0.25) is 0 Å². The molecule has 2 heterocycles. The monoisotopic (exact) mass is 354 g/mol. The van der Waals surface area contributed by atoms with E-state index >= 15 is 0 Å². The molecule has 1 aromatic carbocycles. The lowest BCUT2D eigenvalue weighted by Gasteiger charge is -2.26. The summed E-state index contributed by atoms with van der Waals surface area (Å²) in [5.41, 5.74) is 0.497. The molecule has 1 N–H and O–H groups in total. The molecule has 0 aliphatic carbocycles. The molecule has 1 aromatic heterocycles. The summed E-state index contributed by atoms with van der Waals surface area (Å²) < 4.78 is 30.3. The van der Waals surface area contributed by atoms with E-state index in [4.69, 9.17) is 0 Å². The van der Waals surface area contributed by atoms with Crippen molar-refractivity contribution in [1.29, 1.82) is 0 Å². The van der Waals surface area contributed by atoms with Gasteiger partial charge in [0.1, 0.15) is 0 Å². The SMILES string of the molecule is Cl.Cl.Fc1ccc(-c2nsc(N3CCNCC3)n2)cc1F. The van der Waals surface area contributed by atoms with Crippen molar-refractivity contribution < 1.29 is 8.78 Å². The highest BCUT2D eigenvalue weighted by molar-refractivity contribution is 7.09. The Kier molecular flexibility index (Phi) is 6.73. The number of nitrogens with zero attached hydrogens (tertiary/aromatic N) is 3. The van der Waals surface area contributed by atoms with Crippen LogP contribution in [0.25, 0.3) is 11.4 Å². The number of piperazine rings is 1. The summed E-state index contributed by atoms with van der Waals surface area (Å²) >= 11 is 1.28. The van der Waals surface area contributed by atoms with Crippen LogP contribution in [0.5, 0.6) is 0 Å². The van der Waals surface area contributed by atoms with Crippen LogP contribution in [0.15, 0.2) is 18.2 Å². The molecule has 116 valence electrons. The van der Waals surface area contributed by atoms with E-state index in [9.17, 15) is 8.78 Å². The third-order valence-electron chi connectivity index (χ3n) is 2.98. The van der Waals surface area contributed by atoms with Crippen LogP contribution in [0, 0.1) is 11.6 Å². The van der Waals surface area contributed by atoms with Gasteiger partial charge in [-0.2, -0.15) is 9.36 Å². The fourth-order valence-electron chi connectivity index (χ4n) is 1.95. The standard InChI is InChI=1S/C12H12F2N4S.2ClH/c13-9-2-1-8(7-10(9)14)11-16-12(19-17-11)18-5-3-15-4-6-18;;/h1-2,7,15H,3-6H2;2*1H. The van der Waals surface area contributed by atoms with Crippen molar-refractivity contribution in [3.63, 3.8) is 0 Å². The van der Waals surface area contributed by atoms with Gasteiger partial charge in [-0.1, -0.05) is 0 Å². The van der Waals surface area contributed by atoms with Crippen molar-refractivity contribution in [2.75, 3.05) is 31.1 Å². The number of aromatic nitrogens is 2. The highest BCUT2D eigenvalue weighted by Gasteiger charge is 2.16. The third kappa shape index (κ3) is 4.00. The van der Waals surface area contributed by atoms with Gasteiger partial charge in [0.25, 0.3) is 0 Å². The topological polar surface area (TPSA) is 41.1 Å². The van der Waals surface area contributed by atoms with Crippen molar-refractivity contribution in [2.45, 2.75) is 0 Å². The molecule has 1 aliphatic heterocycles. The Morgan fingerprint density at radius 2 is 1.81 bits per heavy atom. The van der Waals surface area contributed by atoms with Gasteiger partial charge in [0.2, 0.25) is 5.13 Å². The van der Waals surface area contributed by atoms with Crippen molar-refractivity contribution >= 4 is 41.5 Å². The molecule has 1 fully saturated rings. The molecule has 0 spiro atoms. The molecule has 21 heavy (non-hydrogen) atoms. The third-order valence-corrected chi connectivity index (χ3v) is 3.76. The maximum absolute atomic E-state index is 13.2. The second-order valence-electron chi connectivity index (χ2n) is 4.27. The van der Waals surface area contributed by atoms with Crippen molar-refractivity contribution in [1.82, 2.24) is 14.7 Å². The first-order valence-corrected chi connectivity index (χ1v) is 6.76. The van der Waals surface area contributed by atoms with Crippen molar-refractivity contribution in [3.8, 4) is 11.4 Å². The summed E-state index contributed by atoms with van der Waals surface area (Å²) in [6.07, 6.45) is 0. The van der Waals surface area contributed by atoms with Gasteiger partial charge in [-0.15, -0.1) is 24.8 Å². The summed E-state index contributed by atoms with van der Waals surface area (Å²) in [6.45, 7) is 3.60. The van der Waals surface area contributed by atoms with Crippen LogP contribution < -0.4 is 10.2 Å². The zero-order valence-corrected chi connectivity index (χ0v) is 13.3. The molecule has 1 saturated heterocycles. The average Bonchev–Trinajstić information content (AvgIpc) is 2.93. The van der Waals surface area contributed by atoms with Crippen LogP contribution in [0.3, 0.4) is 0 Å². The fraction of sp³-hybridized carbons (Fsp3) is 0.333. The van der Waals surface area contributed by atoms with E-state index in [0.717, 1.165) is 43.4 Å². The van der Waals surface area contributed by atoms with Gasteiger partial charge in [-0.05, 0) is 18.2 Å². The highest BCUT2D eigenvalue weighted by atomic mass is 35.5. The zero-order valence-electron chi connectivity index (χ0n) is 10.9. The van der Waals surface area contributed by atoms with E-state index in [1.807, 2.05) is 0 Å². The number of halogens is 4. The Hall–Kier alpha value is -1.02. The number of hydrogen-bond acceptors (Lipinski definition) is 5. The molecule has 0 radical (unpaired) electrons. The fourth-order valence-corrected chi connectivity index (χ4v) is 2.69. The summed E-state index contributed by atoms with van der Waals surface area (Å²) in [5, 5.41) is 4.08. The van der Waals surface area contributed by atoms with E-state index in [1.54, 1.807) is 0 Å². The number of rotatable bonds is 2. The molecule has 0 atom stereocenters. The molecule has 2 aromatic rings. The molecule has 4 nitrogen and oxygen atoms in total. The Bertz CT molecular complexity index is 590. The molecule has 0 unspecified atom stereocenters. The minimum absolute atomic E-state index is 0. The van der Waals surface area contributed by atoms with Gasteiger partial charge < -0.3 is 10.2 Å². The predicted octanol–water partition coefficient (Wildman–Crippen LogP) is 2.74. The molecular formula is C12H14Cl2F2N4S. The molecule has 0 bridgehead atoms. The average molecular weight is 355 g/mol. The summed E-state index contributed by atoms with van der Waals surface area (Å²) in [4.78, 5) is 6.53. The van der Waals surface area contributed by atoms with Crippen molar-refractivity contribution in [3.05, 3.63) is 29.8 Å². The maximum Gasteiger partial charge on any atom is 0.205 e. The Morgan fingerprint density at radius 1 is 1.10 bits per heavy atom. The van der Waals surface area contributed by atoms with Gasteiger partial charge in [0.15, 0.2) is 17.5 Å². The summed E-state index contributed by atoms with van der Waals surface area (Å²) in [6, 6.07) is 3.71. The van der Waals surface area contributed by atoms with E-state index < -0.39 is 11.6 Å². The minimum atomic E-state index is -0.879. The van der Waals surface area contributed by atoms with Crippen LogP contribution in [0.4, 0.5) is 13.9 Å². The van der Waals surface area contributed by atoms with E-state index in [2.05, 4.69) is 19.6 Å². The van der Waals surface area contributed by atoms with Crippen LogP contribution in [0.1, 0.15) is 0 Å². The van der Waals surface area contributed by atoms with Crippen LogP contribution in [0.2, 0.25) is 0 Å². The lowest BCUT2D eigenvalue weighted by atomic mass is 10.2. The smallest absolute Gasteiger partial charge is 0.205 e. The van der Waals surface area contributed by atoms with Crippen molar-refractivity contribution in [2.24, 2.45) is 0 Å². The maximum atomic E-state index is 13.2. The van der Waals surface area contributed by atoms with Gasteiger partial charge in [-0.25, -0.2) is 8.78 Å². The second-order valence-corrected chi connectivity index (χ2v) is 5.00. The van der Waals surface area contributed by atoms with Gasteiger partial charge in [0.05, 0.1) is 0 Å². The van der Waals surface area contributed by atoms with Crippen LogP contribution >= 0.6 is 36.3 Å². The Morgan fingerprint density at radius 3 is 2.48 bits per heavy atom. The molecule has 1 aliphatic rings. The molecule has 0 saturated carbocycles. The predicted molar refractivity (Wildman–Crippen MR) is 84.8 cm³/mol. The quantitative estimate of drug-likeness (QED) is 0.900.